The zero-order valence-corrected chi connectivity index (χ0v) is 10.9. The summed E-state index contributed by atoms with van der Waals surface area (Å²) < 4.78 is 11.2. The molecule has 0 radical (unpaired) electrons. The van der Waals surface area contributed by atoms with Crippen molar-refractivity contribution in [1.82, 2.24) is 4.90 Å². The molecule has 0 aromatic heterocycles. The molecule has 17 heavy (non-hydrogen) atoms. The summed E-state index contributed by atoms with van der Waals surface area (Å²) in [6.07, 6.45) is 1.02. The number of amides is 1. The fourth-order valence-electron chi connectivity index (χ4n) is 2.16. The molecule has 0 spiro atoms. The molecule has 1 saturated heterocycles. The highest BCUT2D eigenvalue weighted by Crippen LogP contribution is 2.38. The van der Waals surface area contributed by atoms with Crippen molar-refractivity contribution in [1.29, 1.82) is 0 Å². The van der Waals surface area contributed by atoms with Crippen LogP contribution in [-0.2, 0) is 14.2 Å². The monoisotopic (exact) mass is 263 g/mol. The van der Waals surface area contributed by atoms with Gasteiger partial charge in [0.25, 0.3) is 0 Å². The number of carbonyl (C=O) groups is 2. The molecule has 1 rings (SSSR count). The average molecular weight is 263 g/mol. The van der Waals surface area contributed by atoms with Crippen LogP contribution in [0.4, 0.5) is 0 Å². The number of aliphatic carboxylic acids is 1. The summed E-state index contributed by atoms with van der Waals surface area (Å²) in [5.74, 6) is -1.96. The quantitative estimate of drug-likeness (QED) is 0.724. The number of nitrogens with zero attached hydrogens (tertiary/aromatic N) is 1. The Morgan fingerprint density at radius 3 is 2.59 bits per heavy atom. The minimum absolute atomic E-state index is 0.103. The molecule has 0 aromatic carbocycles. The van der Waals surface area contributed by atoms with Crippen molar-refractivity contribution < 1.29 is 24.2 Å². The Hall–Kier alpha value is -0.870. The van der Waals surface area contributed by atoms with E-state index in [0.717, 1.165) is 0 Å². The van der Waals surface area contributed by atoms with Crippen LogP contribution in [0.25, 0.3) is 0 Å². The highest BCUT2D eigenvalue weighted by atomic mass is 31.2. The Balaban J connectivity index is 2.69. The van der Waals surface area contributed by atoms with E-state index in [-0.39, 0.29) is 12.1 Å². The van der Waals surface area contributed by atoms with E-state index in [0.29, 0.717) is 19.4 Å². The normalized spacial score (nSPS) is 25.4. The highest BCUT2D eigenvalue weighted by molar-refractivity contribution is 7.57. The van der Waals surface area contributed by atoms with E-state index in [9.17, 15) is 19.0 Å². The number of carboxylic acids is 1. The summed E-state index contributed by atoms with van der Waals surface area (Å²) in [4.78, 5) is 33.4. The van der Waals surface area contributed by atoms with Gasteiger partial charge in [0.05, 0.1) is 0 Å². The Bertz CT molecular complexity index is 364. The van der Waals surface area contributed by atoms with Gasteiger partial charge in [-0.25, -0.2) is 4.79 Å². The van der Waals surface area contributed by atoms with Gasteiger partial charge in [0.2, 0.25) is 5.91 Å². The first kappa shape index (κ1) is 14.2. The molecule has 6 nitrogen and oxygen atoms in total. The average Bonchev–Trinajstić information content (AvgIpc) is 2.61. The zero-order valence-electron chi connectivity index (χ0n) is 10.00. The van der Waals surface area contributed by atoms with Crippen LogP contribution in [0.2, 0.25) is 0 Å². The van der Waals surface area contributed by atoms with Crippen molar-refractivity contribution in [2.45, 2.75) is 25.8 Å². The van der Waals surface area contributed by atoms with Crippen molar-refractivity contribution in [3.8, 4) is 0 Å². The van der Waals surface area contributed by atoms with Crippen molar-refractivity contribution >= 4 is 19.2 Å². The number of hydrogen-bond acceptors (Lipinski definition) is 3. The van der Waals surface area contributed by atoms with Crippen LogP contribution < -0.4 is 0 Å². The molecule has 1 fully saturated rings. The predicted octanol–water partition coefficient (Wildman–Crippen LogP) is 0.598. The molecule has 7 heteroatoms. The molecular weight excluding hydrogens is 245 g/mol. The minimum atomic E-state index is -3.25. The molecule has 98 valence electrons. The fourth-order valence-corrected chi connectivity index (χ4v) is 3.33. The summed E-state index contributed by atoms with van der Waals surface area (Å²) in [5, 5.41) is 8.95. The highest BCUT2D eigenvalue weighted by Gasteiger charge is 2.36. The van der Waals surface area contributed by atoms with E-state index in [1.807, 2.05) is 0 Å². The van der Waals surface area contributed by atoms with E-state index in [1.54, 1.807) is 6.92 Å². The van der Waals surface area contributed by atoms with Crippen LogP contribution in [-0.4, -0.2) is 52.2 Å². The van der Waals surface area contributed by atoms with E-state index >= 15 is 0 Å². The van der Waals surface area contributed by atoms with Crippen molar-refractivity contribution in [2.75, 3.05) is 19.4 Å². The van der Waals surface area contributed by atoms with Crippen LogP contribution in [0.3, 0.4) is 0 Å². The van der Waals surface area contributed by atoms with Crippen LogP contribution in [0.5, 0.6) is 0 Å². The maximum atomic E-state index is 12.0. The number of carboxylic acid groups (broad SMARTS) is 1. The fraction of sp³-hybridized carbons (Fsp3) is 0.800. The first-order valence-corrected chi connectivity index (χ1v) is 7.84. The summed E-state index contributed by atoms with van der Waals surface area (Å²) in [6, 6.07) is -0.778. The molecule has 1 amide bonds. The molecule has 0 saturated carbocycles. The third-order valence-electron chi connectivity index (χ3n) is 2.86. The van der Waals surface area contributed by atoms with Gasteiger partial charge in [0.15, 0.2) is 7.37 Å². The third-order valence-corrected chi connectivity index (χ3v) is 4.08. The van der Waals surface area contributed by atoms with E-state index in [4.69, 9.17) is 5.11 Å². The van der Waals surface area contributed by atoms with Gasteiger partial charge in [-0.2, -0.15) is 0 Å². The summed E-state index contributed by atoms with van der Waals surface area (Å²) in [6.45, 7) is 3.18. The van der Waals surface area contributed by atoms with Gasteiger partial charge < -0.3 is 14.9 Å². The Labute approximate surface area is 100 Å². The maximum Gasteiger partial charge on any atom is 0.326 e. The van der Waals surface area contributed by atoms with E-state index in [2.05, 4.69) is 0 Å². The van der Waals surface area contributed by atoms with Gasteiger partial charge in [-0.05, 0) is 12.8 Å². The molecule has 0 aliphatic carbocycles. The lowest BCUT2D eigenvalue weighted by atomic mass is 10.1. The molecule has 1 aliphatic rings. The Kier molecular flexibility index (Phi) is 4.33. The topological polar surface area (TPSA) is 94.9 Å². The molecule has 2 unspecified atom stereocenters. The predicted molar refractivity (Wildman–Crippen MR) is 62.2 cm³/mol. The van der Waals surface area contributed by atoms with Crippen molar-refractivity contribution in [2.24, 2.45) is 5.92 Å². The van der Waals surface area contributed by atoms with Crippen LogP contribution in [0.15, 0.2) is 0 Å². The maximum absolute atomic E-state index is 12.0. The van der Waals surface area contributed by atoms with Gasteiger partial charge in [-0.3, -0.25) is 9.36 Å². The lowest BCUT2D eigenvalue weighted by molar-refractivity contribution is -0.149. The van der Waals surface area contributed by atoms with Crippen molar-refractivity contribution in [3.63, 3.8) is 0 Å². The lowest BCUT2D eigenvalue weighted by Gasteiger charge is -2.25. The van der Waals surface area contributed by atoms with Crippen LogP contribution in [0.1, 0.15) is 19.8 Å². The summed E-state index contributed by atoms with van der Waals surface area (Å²) >= 11 is 0. The molecule has 1 heterocycles. The first-order chi connectivity index (χ1) is 7.72. The molecule has 3 atom stereocenters. The molecular formula is C10H18NO5P. The van der Waals surface area contributed by atoms with Crippen LogP contribution in [0, 0.1) is 5.92 Å². The summed E-state index contributed by atoms with van der Waals surface area (Å²) in [7, 11) is -3.25. The Morgan fingerprint density at radius 1 is 1.53 bits per heavy atom. The standard InChI is InChI=1S/C10H18NO5P/c1-7(6-17(2,15)16)9(12)11-5-3-4-8(11)10(13)14/h7-8H,3-6H2,1-2H3,(H,13,14)(H,15,16)/t7?,8-/m0/s1. The molecule has 0 bridgehead atoms. The number of hydrogen-bond donors (Lipinski definition) is 2. The van der Waals surface area contributed by atoms with Crippen molar-refractivity contribution in [3.05, 3.63) is 0 Å². The second-order valence-corrected chi connectivity index (χ2v) is 7.13. The molecule has 0 aromatic rings. The first-order valence-electron chi connectivity index (χ1n) is 5.55. The second kappa shape index (κ2) is 5.19. The largest absolute Gasteiger partial charge is 0.480 e. The van der Waals surface area contributed by atoms with Gasteiger partial charge in [-0.15, -0.1) is 0 Å². The number of rotatable bonds is 4. The number of carbonyl (C=O) groups excluding carboxylic acids is 1. The summed E-state index contributed by atoms with van der Waals surface area (Å²) in [5.41, 5.74) is 0. The lowest BCUT2D eigenvalue weighted by Crippen LogP contribution is -2.43. The third kappa shape index (κ3) is 3.82. The SMILES string of the molecule is CC(CP(C)(=O)O)C(=O)N1CCC[C@H]1C(=O)O. The van der Waals surface area contributed by atoms with Gasteiger partial charge >= 0.3 is 5.97 Å². The van der Waals surface area contributed by atoms with Crippen LogP contribution >= 0.6 is 7.37 Å². The smallest absolute Gasteiger partial charge is 0.326 e. The molecule has 2 N–H and O–H groups in total. The van der Waals surface area contributed by atoms with Gasteiger partial charge in [0.1, 0.15) is 6.04 Å². The molecule has 1 aliphatic heterocycles. The second-order valence-electron chi connectivity index (χ2n) is 4.66. The van der Waals surface area contributed by atoms with E-state index in [1.165, 1.54) is 11.6 Å². The van der Waals surface area contributed by atoms with E-state index < -0.39 is 25.3 Å². The van der Waals surface area contributed by atoms with Gasteiger partial charge in [-0.1, -0.05) is 6.92 Å². The minimum Gasteiger partial charge on any atom is -0.480 e. The zero-order chi connectivity index (χ0) is 13.2. The Morgan fingerprint density at radius 2 is 2.12 bits per heavy atom. The number of likely N-dealkylation sites (tertiary alicyclic amines) is 1. The van der Waals surface area contributed by atoms with Gasteiger partial charge in [0, 0.05) is 25.3 Å².